The first kappa shape index (κ1) is 25.9. The Morgan fingerprint density at radius 1 is 0.812 bits per heavy atom. The summed E-state index contributed by atoms with van der Waals surface area (Å²) in [5, 5.41) is 70.4. The number of rotatable bonds is 7. The van der Waals surface area contributed by atoms with Gasteiger partial charge in [0.1, 0.15) is 0 Å². The van der Waals surface area contributed by atoms with Gasteiger partial charge in [0.15, 0.2) is 0 Å². The molecule has 0 aliphatic heterocycles. The van der Waals surface area contributed by atoms with Crippen LogP contribution in [-0.4, -0.2) is 64.2 Å². The molecule has 0 aromatic rings. The fourth-order valence-electron chi connectivity index (χ4n) is 5.49. The second-order valence-corrected chi connectivity index (χ2v) is 10.2. The molecule has 0 saturated heterocycles. The van der Waals surface area contributed by atoms with E-state index >= 15 is 0 Å². The molecule has 0 aromatic heterocycles. The molecular weight excluding hydrogens is 424 g/mol. The van der Waals surface area contributed by atoms with E-state index in [1.165, 1.54) is 13.8 Å². The van der Waals surface area contributed by atoms with E-state index in [1.54, 1.807) is 13.8 Å². The van der Waals surface area contributed by atoms with E-state index in [-0.39, 0.29) is 62.8 Å². The molecule has 32 heavy (non-hydrogen) atoms. The molecule has 0 radical (unpaired) electrons. The van der Waals surface area contributed by atoms with E-state index in [2.05, 4.69) is 10.3 Å². The Balaban J connectivity index is 2.36. The van der Waals surface area contributed by atoms with Crippen LogP contribution in [0.25, 0.3) is 0 Å². The molecule has 6 unspecified atom stereocenters. The molecule has 12 heteroatoms. The summed E-state index contributed by atoms with van der Waals surface area (Å²) < 4.78 is 0. The Hall–Kier alpha value is -2.34. The highest BCUT2D eigenvalue weighted by Crippen LogP contribution is 2.48. The first-order valence-corrected chi connectivity index (χ1v) is 10.8. The number of nitro groups is 2. The van der Waals surface area contributed by atoms with Crippen molar-refractivity contribution in [3.63, 3.8) is 0 Å². The van der Waals surface area contributed by atoms with Crippen LogP contribution in [-0.2, 0) is 0 Å². The zero-order valence-electron chi connectivity index (χ0n) is 19.0. The van der Waals surface area contributed by atoms with E-state index < -0.39 is 44.0 Å². The van der Waals surface area contributed by atoms with Crippen molar-refractivity contribution >= 4 is 11.4 Å². The van der Waals surface area contributed by atoms with Gasteiger partial charge in [-0.2, -0.15) is 0 Å². The molecule has 0 spiro atoms. The first-order valence-electron chi connectivity index (χ1n) is 10.8. The third kappa shape index (κ3) is 4.70. The minimum absolute atomic E-state index is 0.0360. The topological polar surface area (TPSA) is 192 Å². The highest BCUT2D eigenvalue weighted by Gasteiger charge is 2.59. The lowest BCUT2D eigenvalue weighted by atomic mass is 9.61. The summed E-state index contributed by atoms with van der Waals surface area (Å²) >= 11 is 0. The van der Waals surface area contributed by atoms with Crippen LogP contribution >= 0.6 is 0 Å². The summed E-state index contributed by atoms with van der Waals surface area (Å²) in [5.41, 5.74) is -5.27. The van der Waals surface area contributed by atoms with Gasteiger partial charge >= 0.3 is 0 Å². The Kier molecular flexibility index (Phi) is 7.20. The van der Waals surface area contributed by atoms with Crippen molar-refractivity contribution in [2.24, 2.45) is 22.1 Å². The number of aliphatic hydroxyl groups is 2. The van der Waals surface area contributed by atoms with Crippen LogP contribution in [0.5, 0.6) is 0 Å². The van der Waals surface area contributed by atoms with Crippen molar-refractivity contribution in [1.82, 2.24) is 0 Å². The molecule has 182 valence electrons. The third-order valence-electron chi connectivity index (χ3n) is 8.02. The van der Waals surface area contributed by atoms with Gasteiger partial charge in [0.2, 0.25) is 11.1 Å². The molecule has 0 heterocycles. The Morgan fingerprint density at radius 2 is 1.12 bits per heavy atom. The van der Waals surface area contributed by atoms with Gasteiger partial charge in [0, 0.05) is 60.2 Å². The van der Waals surface area contributed by atoms with Crippen molar-refractivity contribution in [3.05, 3.63) is 20.2 Å². The van der Waals surface area contributed by atoms with Crippen molar-refractivity contribution in [2.45, 2.75) is 101 Å². The normalized spacial score (nSPS) is 41.3. The summed E-state index contributed by atoms with van der Waals surface area (Å²) in [6.07, 6.45) is -0.158. The smallest absolute Gasteiger partial charge is 0.223 e. The van der Waals surface area contributed by atoms with Gasteiger partial charge in [-0.1, -0.05) is 10.3 Å². The molecular formula is C20H34N4O8. The molecule has 2 rings (SSSR count). The number of hydrogen-bond donors (Lipinski definition) is 4. The lowest BCUT2D eigenvalue weighted by Crippen LogP contribution is -2.57. The average molecular weight is 459 g/mol. The maximum absolute atomic E-state index is 12.2. The van der Waals surface area contributed by atoms with Crippen LogP contribution in [0.1, 0.15) is 79.1 Å². The zero-order valence-corrected chi connectivity index (χ0v) is 19.0. The third-order valence-corrected chi connectivity index (χ3v) is 8.02. The highest BCUT2D eigenvalue weighted by atomic mass is 16.6. The van der Waals surface area contributed by atoms with E-state index in [9.17, 15) is 40.9 Å². The van der Waals surface area contributed by atoms with Gasteiger partial charge in [-0.25, -0.2) is 0 Å². The highest BCUT2D eigenvalue weighted by molar-refractivity contribution is 5.85. The molecule has 0 aromatic carbocycles. The van der Waals surface area contributed by atoms with E-state index in [0.29, 0.717) is 0 Å². The van der Waals surface area contributed by atoms with Crippen molar-refractivity contribution < 1.29 is 30.5 Å². The number of hydrogen-bond acceptors (Lipinski definition) is 10. The Morgan fingerprint density at radius 3 is 1.38 bits per heavy atom. The lowest BCUT2D eigenvalue weighted by molar-refractivity contribution is -0.596. The van der Waals surface area contributed by atoms with Gasteiger partial charge in [-0.3, -0.25) is 20.2 Å². The Labute approximate surface area is 186 Å². The second kappa shape index (κ2) is 8.89. The van der Waals surface area contributed by atoms with Gasteiger partial charge < -0.3 is 20.6 Å². The lowest BCUT2D eigenvalue weighted by Gasteiger charge is -2.45. The first-order chi connectivity index (χ1) is 14.7. The number of nitrogens with zero attached hydrogens (tertiary/aromatic N) is 4. The van der Waals surface area contributed by atoms with Crippen LogP contribution in [0.15, 0.2) is 10.3 Å². The largest absolute Gasteiger partial charge is 0.411 e. The van der Waals surface area contributed by atoms with E-state index in [0.717, 1.165) is 0 Å². The monoisotopic (exact) mass is 458 g/mol. The van der Waals surface area contributed by atoms with Crippen molar-refractivity contribution in [1.29, 1.82) is 0 Å². The minimum atomic E-state index is -1.52. The molecule has 2 fully saturated rings. The van der Waals surface area contributed by atoms with Crippen LogP contribution < -0.4 is 0 Å². The number of oxime groups is 2. The molecule has 2 aliphatic rings. The Bertz CT molecular complexity index is 745. The fraction of sp³-hybridized carbons (Fsp3) is 0.900. The van der Waals surface area contributed by atoms with Gasteiger partial charge in [-0.15, -0.1) is 0 Å². The predicted octanol–water partition coefficient (Wildman–Crippen LogP) is 2.60. The van der Waals surface area contributed by atoms with Gasteiger partial charge in [0.05, 0.1) is 22.6 Å². The zero-order chi connectivity index (χ0) is 24.5. The summed E-state index contributed by atoms with van der Waals surface area (Å²) in [5.74, 6) is -1.52. The van der Waals surface area contributed by atoms with Crippen LogP contribution in [0.2, 0.25) is 0 Å². The standard InChI is InChI=1S/C20H34N4O8/c1-13(21-27)15-11-19(23(29)30,7-5-17(15,3)25)9-10-20(24(31)32)8-6-18(4,26)16(12-20)14(2)22-28/h15-16,25-28H,5-12H2,1-4H3/b21-13+,22-14+. The van der Waals surface area contributed by atoms with Crippen LogP contribution in [0.4, 0.5) is 0 Å². The molecule has 0 amide bonds. The molecule has 2 saturated carbocycles. The SMILES string of the molecule is C/C(=N\O)C1CC(CCC2([N+](=O)[O-])CCC(C)(O)C(/C(C)=N/O)C2)([N+](=O)[O-])CCC1(C)O. The minimum Gasteiger partial charge on any atom is -0.411 e. The second-order valence-electron chi connectivity index (χ2n) is 10.2. The predicted molar refractivity (Wildman–Crippen MR) is 114 cm³/mol. The van der Waals surface area contributed by atoms with E-state index in [1.807, 2.05) is 0 Å². The fourth-order valence-corrected chi connectivity index (χ4v) is 5.49. The van der Waals surface area contributed by atoms with Gasteiger partial charge in [-0.05, 0) is 40.5 Å². The summed E-state index contributed by atoms with van der Waals surface area (Å²) in [4.78, 5) is 23.5. The molecule has 2 aliphatic carbocycles. The maximum Gasteiger partial charge on any atom is 0.223 e. The van der Waals surface area contributed by atoms with Crippen LogP contribution in [0.3, 0.4) is 0 Å². The van der Waals surface area contributed by atoms with Crippen LogP contribution in [0, 0.1) is 32.1 Å². The van der Waals surface area contributed by atoms with E-state index in [4.69, 9.17) is 0 Å². The molecule has 0 bridgehead atoms. The van der Waals surface area contributed by atoms with Gasteiger partial charge in [0.25, 0.3) is 0 Å². The quantitative estimate of drug-likeness (QED) is 0.193. The average Bonchev–Trinajstić information content (AvgIpc) is 2.72. The molecule has 4 N–H and O–H groups in total. The summed E-state index contributed by atoms with van der Waals surface area (Å²) in [6, 6.07) is 0. The maximum atomic E-state index is 12.2. The summed E-state index contributed by atoms with van der Waals surface area (Å²) in [7, 11) is 0. The molecule has 12 nitrogen and oxygen atoms in total. The van der Waals surface area contributed by atoms with Crippen molar-refractivity contribution in [3.8, 4) is 0 Å². The summed E-state index contributed by atoms with van der Waals surface area (Å²) in [6.45, 7) is 6.05. The molecule has 6 atom stereocenters. The van der Waals surface area contributed by atoms with Crippen molar-refractivity contribution in [2.75, 3.05) is 0 Å².